The van der Waals surface area contributed by atoms with Crippen LogP contribution in [0.1, 0.15) is 80.3 Å². The lowest BCUT2D eigenvalue weighted by atomic mass is 9.43. The minimum Gasteiger partial charge on any atom is -0.331 e. The van der Waals surface area contributed by atoms with E-state index < -0.39 is 5.54 Å². The third-order valence-corrected chi connectivity index (χ3v) is 19.6. The smallest absolute Gasteiger partial charge is 0.110 e. The van der Waals surface area contributed by atoms with E-state index in [9.17, 15) is 0 Å². The largest absolute Gasteiger partial charge is 0.331 e. The minimum absolute atomic E-state index is 0.0638. The molecule has 3 unspecified atom stereocenters. The highest BCUT2D eigenvalue weighted by Gasteiger charge is 2.61. The van der Waals surface area contributed by atoms with Crippen LogP contribution >= 0.6 is 11.3 Å². The zero-order valence-electron chi connectivity index (χ0n) is 39.9. The summed E-state index contributed by atoms with van der Waals surface area (Å²) < 4.78 is 2.69. The van der Waals surface area contributed by atoms with Crippen LogP contribution in [-0.2, 0) is 11.0 Å². The van der Waals surface area contributed by atoms with E-state index in [-0.39, 0.29) is 16.9 Å². The van der Waals surface area contributed by atoms with Crippen molar-refractivity contribution in [2.75, 3.05) is 4.90 Å². The second kappa shape index (κ2) is 15.1. The second-order valence-corrected chi connectivity index (χ2v) is 23.1. The first-order valence-corrected chi connectivity index (χ1v) is 26.6. The van der Waals surface area contributed by atoms with Crippen molar-refractivity contribution >= 4 is 55.1 Å². The Morgan fingerprint density at radius 2 is 1.31 bits per heavy atom. The lowest BCUT2D eigenvalue weighted by Gasteiger charge is -2.61. The molecule has 4 heteroatoms. The molecule has 1 aliphatic heterocycles. The van der Waals surface area contributed by atoms with Crippen molar-refractivity contribution in [2.24, 2.45) is 34.6 Å². The van der Waals surface area contributed by atoms with Crippen LogP contribution in [0.15, 0.2) is 193 Å². The van der Waals surface area contributed by atoms with Crippen LogP contribution in [0, 0.1) is 29.6 Å². The van der Waals surface area contributed by atoms with Crippen molar-refractivity contribution in [1.29, 1.82) is 0 Å². The highest BCUT2D eigenvalue weighted by atomic mass is 32.1. The van der Waals surface area contributed by atoms with Crippen molar-refractivity contribution in [2.45, 2.75) is 68.9 Å². The molecule has 3 heterocycles. The quantitative estimate of drug-likeness (QED) is 0.166. The number of thiophene rings is 1. The van der Waals surface area contributed by atoms with E-state index in [1.165, 1.54) is 96.8 Å². The summed E-state index contributed by atoms with van der Waals surface area (Å²) in [5.74, 6) is 3.47. The van der Waals surface area contributed by atoms with Gasteiger partial charge in [0, 0.05) is 49.6 Å². The van der Waals surface area contributed by atoms with Gasteiger partial charge in [0.05, 0.1) is 16.9 Å². The molecule has 0 radical (unpaired) electrons. The molecular formula is C66H55N3S. The summed E-state index contributed by atoms with van der Waals surface area (Å²) >= 11 is 1.90. The van der Waals surface area contributed by atoms with Gasteiger partial charge in [-0.3, -0.25) is 9.98 Å². The van der Waals surface area contributed by atoms with Gasteiger partial charge in [-0.05, 0) is 174 Å². The fourth-order valence-corrected chi connectivity index (χ4v) is 16.6. The molecular weight excluding hydrogens is 867 g/mol. The lowest BCUT2D eigenvalue weighted by Crippen LogP contribution is -2.55. The molecule has 4 bridgehead atoms. The number of aliphatic imine (C=N–C) groups is 1. The summed E-state index contributed by atoms with van der Waals surface area (Å²) in [7, 11) is 0. The minimum atomic E-state index is -0.469. The predicted octanol–water partition coefficient (Wildman–Crippen LogP) is 16.6. The summed E-state index contributed by atoms with van der Waals surface area (Å²) in [5.41, 5.74) is 17.6. The molecule has 6 aromatic carbocycles. The van der Waals surface area contributed by atoms with Gasteiger partial charge in [0.15, 0.2) is 0 Å². The first-order chi connectivity index (χ1) is 34.4. The molecule has 0 amide bonds. The lowest BCUT2D eigenvalue weighted by molar-refractivity contribution is -0.0399. The number of aromatic nitrogens is 1. The maximum absolute atomic E-state index is 5.41. The molecule has 4 fully saturated rings. The SMILES string of the molecule is CC12N=CC(N(c3ccc(-c4ccccc4-c4ccc5c(c4)-c4ccccc4C54C5CC6CC(C5)CC4C6)cc3)C3(C)C=CC(c4cccc5c4sc4ccccc45)=CC3)=CC1C=Cc1cccnc12. The number of allylic oxidation sites excluding steroid dienone is 3. The second-order valence-electron chi connectivity index (χ2n) is 22.1. The van der Waals surface area contributed by atoms with Crippen LogP contribution in [0.2, 0.25) is 0 Å². The molecule has 8 aliphatic rings. The van der Waals surface area contributed by atoms with Gasteiger partial charge < -0.3 is 4.90 Å². The molecule has 8 aromatic rings. The molecule has 1 spiro atoms. The summed E-state index contributed by atoms with van der Waals surface area (Å²) in [5, 5.41) is 2.67. The normalized spacial score (nSPS) is 28.4. The van der Waals surface area contributed by atoms with E-state index in [1.807, 2.05) is 23.6 Å². The maximum Gasteiger partial charge on any atom is 0.110 e. The Bertz CT molecular complexity index is 3630. The standard InChI is InChI=1S/C66H55N3S/c1-64(30-28-44(29-31-64)54-16-9-17-57-56-15-6-8-19-61(56)70-62(54)57)69(51-39-47-24-20-45-11-10-32-67-63(45)65(47,2)68-40-51)50-25-21-43(22-26-50)52-12-3-4-13-53(52)46-23-27-60-58(38-46)55-14-5-7-18-59(55)66(60)48-34-41-33-42(36-48)37-49(66)35-41/h3-30,32,38-42,47-49H,31,33-37H2,1-2H3. The zero-order valence-corrected chi connectivity index (χ0v) is 40.7. The Balaban J connectivity index is 0.801. The van der Waals surface area contributed by atoms with Crippen LogP contribution < -0.4 is 4.90 Å². The zero-order chi connectivity index (χ0) is 46.3. The highest BCUT2D eigenvalue weighted by molar-refractivity contribution is 7.26. The number of nitrogens with zero attached hydrogens (tertiary/aromatic N) is 3. The van der Waals surface area contributed by atoms with E-state index in [2.05, 4.69) is 201 Å². The van der Waals surface area contributed by atoms with E-state index in [1.54, 1.807) is 11.1 Å². The Morgan fingerprint density at radius 1 is 0.614 bits per heavy atom. The monoisotopic (exact) mass is 921 g/mol. The average molecular weight is 922 g/mol. The van der Waals surface area contributed by atoms with E-state index in [0.29, 0.717) is 0 Å². The molecule has 0 saturated heterocycles. The Kier molecular flexibility index (Phi) is 8.81. The van der Waals surface area contributed by atoms with Crippen LogP contribution in [0.4, 0.5) is 5.69 Å². The van der Waals surface area contributed by atoms with Gasteiger partial charge in [-0.2, -0.15) is 0 Å². The van der Waals surface area contributed by atoms with E-state index in [4.69, 9.17) is 9.98 Å². The molecule has 340 valence electrons. The molecule has 3 nitrogen and oxygen atoms in total. The number of anilines is 1. The summed E-state index contributed by atoms with van der Waals surface area (Å²) in [6.45, 7) is 4.62. The van der Waals surface area contributed by atoms with Gasteiger partial charge in [0.25, 0.3) is 0 Å². The van der Waals surface area contributed by atoms with Gasteiger partial charge >= 0.3 is 0 Å². The van der Waals surface area contributed by atoms with Crippen LogP contribution in [0.5, 0.6) is 0 Å². The van der Waals surface area contributed by atoms with Crippen LogP contribution in [-0.4, -0.2) is 16.7 Å². The maximum atomic E-state index is 5.41. The van der Waals surface area contributed by atoms with Crippen LogP contribution in [0.25, 0.3) is 65.2 Å². The number of dihydropyridines is 1. The van der Waals surface area contributed by atoms with Gasteiger partial charge in [0.1, 0.15) is 5.54 Å². The van der Waals surface area contributed by atoms with Crippen LogP contribution in [0.3, 0.4) is 0 Å². The average Bonchev–Trinajstić information content (AvgIpc) is 3.92. The number of hydrogen-bond donors (Lipinski definition) is 0. The number of benzene rings is 6. The molecule has 2 aromatic heterocycles. The summed E-state index contributed by atoms with van der Waals surface area (Å²) in [6, 6.07) is 55.3. The molecule has 3 atom stereocenters. The predicted molar refractivity (Wildman–Crippen MR) is 293 cm³/mol. The van der Waals surface area contributed by atoms with Crippen molar-refractivity contribution in [3.8, 4) is 33.4 Å². The van der Waals surface area contributed by atoms with Gasteiger partial charge in [0.2, 0.25) is 0 Å². The number of fused-ring (bicyclic) bond motifs is 9. The number of pyridine rings is 1. The summed E-state index contributed by atoms with van der Waals surface area (Å²) in [4.78, 5) is 12.8. The molecule has 16 rings (SSSR count). The molecule has 0 N–H and O–H groups in total. The molecule has 4 saturated carbocycles. The third-order valence-electron chi connectivity index (χ3n) is 18.3. The van der Waals surface area contributed by atoms with E-state index >= 15 is 0 Å². The Labute approximate surface area is 415 Å². The fraction of sp³-hybridized carbons (Fsp3) is 0.242. The van der Waals surface area contributed by atoms with Gasteiger partial charge in [-0.25, -0.2) is 0 Å². The topological polar surface area (TPSA) is 28.5 Å². The van der Waals surface area contributed by atoms with Crippen molar-refractivity contribution < 1.29 is 0 Å². The fourth-order valence-electron chi connectivity index (χ4n) is 15.4. The molecule has 7 aliphatic carbocycles. The van der Waals surface area contributed by atoms with E-state index in [0.717, 1.165) is 52.7 Å². The summed E-state index contributed by atoms with van der Waals surface area (Å²) in [6.07, 6.45) is 26.2. The van der Waals surface area contributed by atoms with Crippen molar-refractivity contribution in [3.63, 3.8) is 0 Å². The first-order valence-electron chi connectivity index (χ1n) is 25.8. The highest BCUT2D eigenvalue weighted by Crippen LogP contribution is 2.69. The van der Waals surface area contributed by atoms with Crippen molar-refractivity contribution in [3.05, 3.63) is 216 Å². The van der Waals surface area contributed by atoms with Gasteiger partial charge in [-0.1, -0.05) is 146 Å². The Hall–Kier alpha value is -6.88. The van der Waals surface area contributed by atoms with Crippen molar-refractivity contribution in [1.82, 2.24) is 4.98 Å². The first kappa shape index (κ1) is 41.0. The van der Waals surface area contributed by atoms with Gasteiger partial charge in [-0.15, -0.1) is 11.3 Å². The number of hydrogen-bond acceptors (Lipinski definition) is 4. The number of rotatable bonds is 6. The third kappa shape index (κ3) is 5.80. The molecule has 70 heavy (non-hydrogen) atoms. The Morgan fingerprint density at radius 3 is 2.11 bits per heavy atom.